The molecule has 228 valence electrons. The lowest BCUT2D eigenvalue weighted by Crippen LogP contribution is -2.06. The average molecular weight is 576 g/mol. The third-order valence-corrected chi connectivity index (χ3v) is 8.53. The Morgan fingerprint density at radius 3 is 0.977 bits per heavy atom. The van der Waals surface area contributed by atoms with Crippen LogP contribution < -0.4 is 5.32 Å². The highest BCUT2D eigenvalue weighted by Crippen LogP contribution is 2.40. The van der Waals surface area contributed by atoms with Crippen LogP contribution in [0.2, 0.25) is 0 Å². The van der Waals surface area contributed by atoms with Crippen LogP contribution in [0.1, 0.15) is 152 Å². The van der Waals surface area contributed by atoms with Crippen molar-refractivity contribution < 1.29 is 0 Å². The highest BCUT2D eigenvalue weighted by atomic mass is 15.1. The Labute approximate surface area is 261 Å². The standard InChI is InChI=1S/C40H53N3/c1-23(2)29-19-31(25(5)6)39(32(20-29)26(7)8)35-15-13-17-37(41-35)43-38-18-14-16-36(42-38)40-33(27(9)10)21-30(24(3)4)22-34(40)28(11)12/h13-28H,1-12H3,(H,41,42,43). The van der Waals surface area contributed by atoms with Crippen LogP contribution in [0.25, 0.3) is 22.5 Å². The molecule has 0 spiro atoms. The summed E-state index contributed by atoms with van der Waals surface area (Å²) < 4.78 is 0. The van der Waals surface area contributed by atoms with Crippen LogP contribution >= 0.6 is 0 Å². The Bertz CT molecular complexity index is 1380. The number of pyridine rings is 2. The number of anilines is 2. The van der Waals surface area contributed by atoms with Gasteiger partial charge < -0.3 is 5.32 Å². The van der Waals surface area contributed by atoms with Gasteiger partial charge >= 0.3 is 0 Å². The zero-order valence-electron chi connectivity index (χ0n) is 28.6. The van der Waals surface area contributed by atoms with Crippen molar-refractivity contribution in [2.24, 2.45) is 0 Å². The van der Waals surface area contributed by atoms with E-state index in [9.17, 15) is 0 Å². The molecule has 4 aromatic rings. The lowest BCUT2D eigenvalue weighted by molar-refractivity contribution is 0.806. The number of hydrogen-bond acceptors (Lipinski definition) is 3. The maximum absolute atomic E-state index is 5.17. The van der Waals surface area contributed by atoms with Crippen molar-refractivity contribution in [3.05, 3.63) is 94.0 Å². The predicted octanol–water partition coefficient (Wildman–Crippen LogP) is 12.3. The summed E-state index contributed by atoms with van der Waals surface area (Å²) in [6.45, 7) is 27.4. The van der Waals surface area contributed by atoms with Gasteiger partial charge in [-0.15, -0.1) is 0 Å². The van der Waals surface area contributed by atoms with Crippen LogP contribution in [0.4, 0.5) is 11.6 Å². The Kier molecular flexibility index (Phi) is 10.2. The first-order chi connectivity index (χ1) is 20.3. The molecular formula is C40H53N3. The van der Waals surface area contributed by atoms with Crippen molar-refractivity contribution in [2.75, 3.05) is 5.32 Å². The Morgan fingerprint density at radius 2 is 0.721 bits per heavy atom. The number of rotatable bonds is 10. The molecule has 1 N–H and O–H groups in total. The first kappa shape index (κ1) is 32.5. The van der Waals surface area contributed by atoms with Gasteiger partial charge in [-0.2, -0.15) is 0 Å². The van der Waals surface area contributed by atoms with Gasteiger partial charge in [-0.1, -0.05) is 119 Å². The van der Waals surface area contributed by atoms with Crippen LogP contribution in [0.15, 0.2) is 60.7 Å². The summed E-state index contributed by atoms with van der Waals surface area (Å²) in [4.78, 5) is 10.3. The van der Waals surface area contributed by atoms with Crippen LogP contribution in [0, 0.1) is 0 Å². The molecule has 0 bridgehead atoms. The van der Waals surface area contributed by atoms with Crippen LogP contribution in [0.5, 0.6) is 0 Å². The monoisotopic (exact) mass is 575 g/mol. The molecule has 2 aromatic heterocycles. The van der Waals surface area contributed by atoms with E-state index < -0.39 is 0 Å². The maximum Gasteiger partial charge on any atom is 0.132 e. The number of benzene rings is 2. The fourth-order valence-corrected chi connectivity index (χ4v) is 5.92. The summed E-state index contributed by atoms with van der Waals surface area (Å²) in [5.41, 5.74) is 12.8. The summed E-state index contributed by atoms with van der Waals surface area (Å²) in [6.07, 6.45) is 0. The van der Waals surface area contributed by atoms with Gasteiger partial charge in [0.25, 0.3) is 0 Å². The van der Waals surface area contributed by atoms with E-state index in [4.69, 9.17) is 9.97 Å². The van der Waals surface area contributed by atoms with Crippen LogP contribution in [-0.2, 0) is 0 Å². The quantitative estimate of drug-likeness (QED) is 0.204. The first-order valence-corrected chi connectivity index (χ1v) is 16.4. The first-order valence-electron chi connectivity index (χ1n) is 16.4. The van der Waals surface area contributed by atoms with Gasteiger partial charge in [0, 0.05) is 11.1 Å². The van der Waals surface area contributed by atoms with E-state index in [2.05, 4.69) is 137 Å². The average Bonchev–Trinajstić information content (AvgIpc) is 2.95. The Hall–Kier alpha value is -3.46. The van der Waals surface area contributed by atoms with Gasteiger partial charge in [0.15, 0.2) is 0 Å². The molecule has 2 heterocycles. The molecular weight excluding hydrogens is 522 g/mol. The van der Waals surface area contributed by atoms with Crippen molar-refractivity contribution in [3.8, 4) is 22.5 Å². The highest BCUT2D eigenvalue weighted by Gasteiger charge is 2.21. The molecule has 0 aliphatic rings. The number of nitrogens with zero attached hydrogens (tertiary/aromatic N) is 2. The number of nitrogens with one attached hydrogen (secondary N) is 1. The molecule has 0 atom stereocenters. The van der Waals surface area contributed by atoms with Crippen molar-refractivity contribution in [3.63, 3.8) is 0 Å². The van der Waals surface area contributed by atoms with Gasteiger partial charge in [0.1, 0.15) is 11.6 Å². The van der Waals surface area contributed by atoms with Gasteiger partial charge in [0.2, 0.25) is 0 Å². The van der Waals surface area contributed by atoms with E-state index in [0.29, 0.717) is 35.5 Å². The van der Waals surface area contributed by atoms with Gasteiger partial charge in [0.05, 0.1) is 11.4 Å². The molecule has 0 fully saturated rings. The molecule has 43 heavy (non-hydrogen) atoms. The summed E-state index contributed by atoms with van der Waals surface area (Å²) in [5, 5.41) is 3.56. The summed E-state index contributed by atoms with van der Waals surface area (Å²) >= 11 is 0. The summed E-state index contributed by atoms with van der Waals surface area (Å²) in [5.74, 6) is 4.18. The fourth-order valence-electron chi connectivity index (χ4n) is 5.92. The molecule has 0 saturated heterocycles. The zero-order valence-corrected chi connectivity index (χ0v) is 28.6. The minimum absolute atomic E-state index is 0.398. The maximum atomic E-state index is 5.17. The minimum Gasteiger partial charge on any atom is -0.325 e. The Morgan fingerprint density at radius 1 is 0.419 bits per heavy atom. The molecule has 0 unspecified atom stereocenters. The normalized spacial score (nSPS) is 12.0. The molecule has 0 amide bonds. The third-order valence-electron chi connectivity index (χ3n) is 8.53. The fraction of sp³-hybridized carbons (Fsp3) is 0.450. The second-order valence-corrected chi connectivity index (χ2v) is 14.0. The molecule has 0 radical (unpaired) electrons. The van der Waals surface area contributed by atoms with E-state index in [1.807, 2.05) is 12.1 Å². The van der Waals surface area contributed by atoms with E-state index in [1.165, 1.54) is 44.5 Å². The third kappa shape index (κ3) is 7.20. The molecule has 3 nitrogen and oxygen atoms in total. The summed E-state index contributed by atoms with van der Waals surface area (Å²) in [6, 6.07) is 22.2. The zero-order chi connectivity index (χ0) is 31.6. The van der Waals surface area contributed by atoms with E-state index in [0.717, 1.165) is 23.0 Å². The second kappa shape index (κ2) is 13.5. The molecule has 0 aliphatic heterocycles. The van der Waals surface area contributed by atoms with E-state index in [-0.39, 0.29) is 0 Å². The minimum atomic E-state index is 0.398. The molecule has 0 aliphatic carbocycles. The highest BCUT2D eigenvalue weighted by molar-refractivity contribution is 5.74. The molecule has 2 aromatic carbocycles. The number of hydrogen-bond donors (Lipinski definition) is 1. The van der Waals surface area contributed by atoms with E-state index in [1.54, 1.807) is 0 Å². The van der Waals surface area contributed by atoms with Gasteiger partial charge in [-0.05, 0) is 93.2 Å². The second-order valence-electron chi connectivity index (χ2n) is 14.0. The van der Waals surface area contributed by atoms with Crippen molar-refractivity contribution in [2.45, 2.75) is 119 Å². The smallest absolute Gasteiger partial charge is 0.132 e. The van der Waals surface area contributed by atoms with Crippen molar-refractivity contribution >= 4 is 11.6 Å². The SMILES string of the molecule is CC(C)c1cc(C(C)C)c(-c2cccc(Nc3cccc(-c4c(C(C)C)cc(C(C)C)cc4C(C)C)n3)n2)c(C(C)C)c1. The lowest BCUT2D eigenvalue weighted by atomic mass is 9.83. The van der Waals surface area contributed by atoms with Crippen LogP contribution in [-0.4, -0.2) is 9.97 Å². The summed E-state index contributed by atoms with van der Waals surface area (Å²) in [7, 11) is 0. The predicted molar refractivity (Wildman–Crippen MR) is 187 cm³/mol. The van der Waals surface area contributed by atoms with Crippen LogP contribution in [0.3, 0.4) is 0 Å². The van der Waals surface area contributed by atoms with Crippen molar-refractivity contribution in [1.82, 2.24) is 9.97 Å². The van der Waals surface area contributed by atoms with Gasteiger partial charge in [-0.3, -0.25) is 0 Å². The topological polar surface area (TPSA) is 37.8 Å². The Balaban J connectivity index is 1.79. The molecule has 0 saturated carbocycles. The van der Waals surface area contributed by atoms with E-state index >= 15 is 0 Å². The van der Waals surface area contributed by atoms with Crippen molar-refractivity contribution in [1.29, 1.82) is 0 Å². The molecule has 3 heteroatoms. The lowest BCUT2D eigenvalue weighted by Gasteiger charge is -2.23. The van der Waals surface area contributed by atoms with Gasteiger partial charge in [-0.25, -0.2) is 9.97 Å². The molecule has 4 rings (SSSR count). The number of aromatic nitrogens is 2. The largest absolute Gasteiger partial charge is 0.325 e.